The van der Waals surface area contributed by atoms with Gasteiger partial charge < -0.3 is 24.6 Å². The Bertz CT molecular complexity index is 898. The normalized spacial score (nSPS) is 13.7. The van der Waals surface area contributed by atoms with E-state index in [1.54, 1.807) is 23.1 Å². The predicted molar refractivity (Wildman–Crippen MR) is 118 cm³/mol. The van der Waals surface area contributed by atoms with E-state index in [1.165, 1.54) is 0 Å². The number of halogens is 1. The summed E-state index contributed by atoms with van der Waals surface area (Å²) in [6, 6.07) is 12.7. The van der Waals surface area contributed by atoms with Gasteiger partial charge >= 0.3 is 11.8 Å². The Labute approximate surface area is 181 Å². The van der Waals surface area contributed by atoms with Crippen molar-refractivity contribution in [2.75, 3.05) is 49.6 Å². The molecule has 0 aromatic heterocycles. The molecule has 0 saturated carbocycles. The van der Waals surface area contributed by atoms with Crippen LogP contribution in [0.25, 0.3) is 0 Å². The standard InChI is InChI=1S/C22H26ClN3O4/c1-3-29-19-9-8-17(15-20(19)30-4-2)24-21(27)22(28)26-12-10-25(11-13-26)18-7-5-6-16(23)14-18/h5-9,14-15H,3-4,10-13H2,1-2H3,(H,24,27). The highest BCUT2D eigenvalue weighted by Crippen LogP contribution is 2.30. The first kappa shape index (κ1) is 21.8. The van der Waals surface area contributed by atoms with Crippen molar-refractivity contribution in [3.63, 3.8) is 0 Å². The summed E-state index contributed by atoms with van der Waals surface area (Å²) in [5.41, 5.74) is 1.50. The van der Waals surface area contributed by atoms with Crippen LogP contribution in [0.15, 0.2) is 42.5 Å². The lowest BCUT2D eigenvalue weighted by Gasteiger charge is -2.35. The van der Waals surface area contributed by atoms with Crippen LogP contribution in [0, 0.1) is 0 Å². The summed E-state index contributed by atoms with van der Waals surface area (Å²) in [4.78, 5) is 28.8. The van der Waals surface area contributed by atoms with Gasteiger partial charge in [-0.25, -0.2) is 0 Å². The fraction of sp³-hybridized carbons (Fsp3) is 0.364. The molecule has 1 fully saturated rings. The second kappa shape index (κ2) is 10.2. The number of anilines is 2. The van der Waals surface area contributed by atoms with Crippen molar-refractivity contribution in [1.82, 2.24) is 4.90 Å². The lowest BCUT2D eigenvalue weighted by Crippen LogP contribution is -2.51. The summed E-state index contributed by atoms with van der Waals surface area (Å²) in [5.74, 6) is -0.0917. The third-order valence-corrected chi connectivity index (χ3v) is 4.97. The molecule has 30 heavy (non-hydrogen) atoms. The molecule has 2 aromatic rings. The van der Waals surface area contributed by atoms with E-state index in [2.05, 4.69) is 10.2 Å². The van der Waals surface area contributed by atoms with Gasteiger partial charge in [-0.05, 0) is 44.2 Å². The molecule has 0 aliphatic carbocycles. The number of benzene rings is 2. The number of amides is 2. The Balaban J connectivity index is 1.58. The van der Waals surface area contributed by atoms with Gasteiger partial charge in [0.2, 0.25) is 0 Å². The number of hydrogen-bond acceptors (Lipinski definition) is 5. The van der Waals surface area contributed by atoms with E-state index in [0.29, 0.717) is 61.6 Å². The van der Waals surface area contributed by atoms with Crippen LogP contribution in [0.3, 0.4) is 0 Å². The van der Waals surface area contributed by atoms with Crippen molar-refractivity contribution in [1.29, 1.82) is 0 Å². The number of rotatable bonds is 6. The van der Waals surface area contributed by atoms with Crippen molar-refractivity contribution in [2.45, 2.75) is 13.8 Å². The van der Waals surface area contributed by atoms with Gasteiger partial charge in [-0.3, -0.25) is 9.59 Å². The second-order valence-corrected chi connectivity index (χ2v) is 7.18. The Morgan fingerprint density at radius 3 is 2.33 bits per heavy atom. The zero-order valence-electron chi connectivity index (χ0n) is 17.2. The SMILES string of the molecule is CCOc1ccc(NC(=O)C(=O)N2CCN(c3cccc(Cl)c3)CC2)cc1OCC. The number of hydrogen-bond donors (Lipinski definition) is 1. The Kier molecular flexibility index (Phi) is 7.41. The van der Waals surface area contributed by atoms with Gasteiger partial charge in [-0.1, -0.05) is 17.7 Å². The number of carbonyl (C=O) groups is 2. The van der Waals surface area contributed by atoms with Gasteiger partial charge in [0.15, 0.2) is 11.5 Å². The average molecular weight is 432 g/mol. The molecule has 0 unspecified atom stereocenters. The Morgan fingerprint density at radius 1 is 0.967 bits per heavy atom. The molecule has 0 atom stereocenters. The summed E-state index contributed by atoms with van der Waals surface area (Å²) >= 11 is 6.06. The van der Waals surface area contributed by atoms with Crippen LogP contribution < -0.4 is 19.7 Å². The maximum absolute atomic E-state index is 12.6. The van der Waals surface area contributed by atoms with Gasteiger partial charge in [0.25, 0.3) is 0 Å². The summed E-state index contributed by atoms with van der Waals surface area (Å²) in [7, 11) is 0. The fourth-order valence-electron chi connectivity index (χ4n) is 3.30. The van der Waals surface area contributed by atoms with E-state index in [4.69, 9.17) is 21.1 Å². The summed E-state index contributed by atoms with van der Waals surface area (Å²) in [5, 5.41) is 3.33. The molecule has 7 nitrogen and oxygen atoms in total. The van der Waals surface area contributed by atoms with Crippen molar-refractivity contribution >= 4 is 34.8 Å². The van der Waals surface area contributed by atoms with Crippen molar-refractivity contribution in [3.8, 4) is 11.5 Å². The van der Waals surface area contributed by atoms with Crippen LogP contribution in [0.2, 0.25) is 5.02 Å². The lowest BCUT2D eigenvalue weighted by molar-refractivity contribution is -0.143. The molecule has 2 aromatic carbocycles. The van der Waals surface area contributed by atoms with Gasteiger partial charge in [-0.2, -0.15) is 0 Å². The molecule has 0 radical (unpaired) electrons. The van der Waals surface area contributed by atoms with E-state index in [-0.39, 0.29) is 0 Å². The zero-order valence-corrected chi connectivity index (χ0v) is 17.9. The van der Waals surface area contributed by atoms with Crippen LogP contribution in [0.4, 0.5) is 11.4 Å². The van der Waals surface area contributed by atoms with Gasteiger partial charge in [0, 0.05) is 48.6 Å². The van der Waals surface area contributed by atoms with Gasteiger partial charge in [-0.15, -0.1) is 0 Å². The maximum atomic E-state index is 12.6. The van der Waals surface area contributed by atoms with Gasteiger partial charge in [0.05, 0.1) is 13.2 Å². The van der Waals surface area contributed by atoms with Crippen molar-refractivity contribution in [2.24, 2.45) is 0 Å². The number of carbonyl (C=O) groups excluding carboxylic acids is 2. The van der Waals surface area contributed by atoms with Crippen LogP contribution in [0.1, 0.15) is 13.8 Å². The Hall–Kier alpha value is -2.93. The van der Waals surface area contributed by atoms with Crippen molar-refractivity contribution < 1.29 is 19.1 Å². The number of ether oxygens (including phenoxy) is 2. The molecule has 1 saturated heterocycles. The van der Waals surface area contributed by atoms with E-state index in [9.17, 15) is 9.59 Å². The third kappa shape index (κ3) is 5.36. The molecule has 1 N–H and O–H groups in total. The van der Waals surface area contributed by atoms with E-state index >= 15 is 0 Å². The molecule has 1 heterocycles. The van der Waals surface area contributed by atoms with Crippen LogP contribution in [-0.4, -0.2) is 56.1 Å². The summed E-state index contributed by atoms with van der Waals surface area (Å²) in [6.07, 6.45) is 0. The van der Waals surface area contributed by atoms with E-state index < -0.39 is 11.8 Å². The fourth-order valence-corrected chi connectivity index (χ4v) is 3.48. The molecule has 0 bridgehead atoms. The minimum Gasteiger partial charge on any atom is -0.490 e. The molecule has 1 aliphatic heterocycles. The minimum atomic E-state index is -0.669. The largest absolute Gasteiger partial charge is 0.490 e. The average Bonchev–Trinajstić information content (AvgIpc) is 2.75. The Morgan fingerprint density at radius 2 is 1.67 bits per heavy atom. The summed E-state index contributed by atoms with van der Waals surface area (Å²) < 4.78 is 11.1. The molecule has 3 rings (SSSR count). The molecule has 160 valence electrons. The zero-order chi connectivity index (χ0) is 21.5. The first-order valence-electron chi connectivity index (χ1n) is 10.0. The number of nitrogens with one attached hydrogen (secondary N) is 1. The van der Waals surface area contributed by atoms with Crippen molar-refractivity contribution in [3.05, 3.63) is 47.5 Å². The smallest absolute Gasteiger partial charge is 0.313 e. The maximum Gasteiger partial charge on any atom is 0.313 e. The van der Waals surface area contributed by atoms with Crippen LogP contribution >= 0.6 is 11.6 Å². The predicted octanol–water partition coefficient (Wildman–Crippen LogP) is 3.42. The molecular weight excluding hydrogens is 406 g/mol. The first-order valence-corrected chi connectivity index (χ1v) is 10.4. The third-order valence-electron chi connectivity index (χ3n) is 4.74. The highest BCUT2D eigenvalue weighted by atomic mass is 35.5. The summed E-state index contributed by atoms with van der Waals surface area (Å²) in [6.45, 7) is 6.93. The quantitative estimate of drug-likeness (QED) is 0.709. The second-order valence-electron chi connectivity index (χ2n) is 6.74. The van der Waals surface area contributed by atoms with E-state index in [1.807, 2.05) is 38.1 Å². The molecule has 2 amide bonds. The highest BCUT2D eigenvalue weighted by molar-refractivity contribution is 6.39. The van der Waals surface area contributed by atoms with Gasteiger partial charge in [0.1, 0.15) is 0 Å². The first-order chi connectivity index (χ1) is 14.5. The van der Waals surface area contributed by atoms with Crippen LogP contribution in [-0.2, 0) is 9.59 Å². The molecule has 0 spiro atoms. The number of piperazine rings is 1. The minimum absolute atomic E-state index is 0.465. The molecule has 1 aliphatic rings. The van der Waals surface area contributed by atoms with Crippen LogP contribution in [0.5, 0.6) is 11.5 Å². The van der Waals surface area contributed by atoms with E-state index in [0.717, 1.165) is 5.69 Å². The monoisotopic (exact) mass is 431 g/mol. The topological polar surface area (TPSA) is 71.1 Å². The lowest BCUT2D eigenvalue weighted by atomic mass is 10.2. The molecular formula is C22H26ClN3O4. The highest BCUT2D eigenvalue weighted by Gasteiger charge is 2.26. The number of nitrogens with zero attached hydrogens (tertiary/aromatic N) is 2. The molecule has 8 heteroatoms.